The van der Waals surface area contributed by atoms with Crippen LogP contribution in [0.25, 0.3) is 0 Å². The van der Waals surface area contributed by atoms with E-state index in [4.69, 9.17) is 4.74 Å². The zero-order valence-electron chi connectivity index (χ0n) is 9.79. The van der Waals surface area contributed by atoms with Gasteiger partial charge in [0.15, 0.2) is 0 Å². The Morgan fingerprint density at radius 3 is 2.43 bits per heavy atom. The van der Waals surface area contributed by atoms with Gasteiger partial charge in [-0.05, 0) is 45.3 Å². The van der Waals surface area contributed by atoms with Crippen molar-refractivity contribution < 1.29 is 4.74 Å². The fraction of sp³-hybridized carbons (Fsp3) is 1.00. The third-order valence-electron chi connectivity index (χ3n) is 3.07. The van der Waals surface area contributed by atoms with E-state index in [0.29, 0.717) is 12.2 Å². The molecule has 0 saturated heterocycles. The second-order valence-electron chi connectivity index (χ2n) is 4.37. The number of ether oxygens (including phenoxy) is 1. The first-order chi connectivity index (χ1) is 6.76. The molecule has 14 heavy (non-hydrogen) atoms. The average molecular weight is 216 g/mol. The van der Waals surface area contributed by atoms with Crippen molar-refractivity contribution in [3.05, 3.63) is 0 Å². The summed E-state index contributed by atoms with van der Waals surface area (Å²) < 4.78 is 6.02. The molecule has 1 atom stereocenters. The Bertz CT molecular complexity index is 141. The molecule has 1 saturated carbocycles. The minimum Gasteiger partial charge on any atom is -0.375 e. The zero-order valence-corrected chi connectivity index (χ0v) is 10.6. The molecule has 0 amide bonds. The lowest BCUT2D eigenvalue weighted by atomic mass is 9.97. The maximum Gasteiger partial charge on any atom is 0.0579 e. The molecule has 0 aliphatic heterocycles. The Morgan fingerprint density at radius 1 is 1.29 bits per heavy atom. The third-order valence-corrected chi connectivity index (χ3v) is 4.21. The molecule has 0 N–H and O–H groups in total. The van der Waals surface area contributed by atoms with E-state index < -0.39 is 0 Å². The smallest absolute Gasteiger partial charge is 0.0579 e. The highest BCUT2D eigenvalue weighted by atomic mass is 32.2. The lowest BCUT2D eigenvalue weighted by Crippen LogP contribution is -2.26. The average Bonchev–Trinajstić information content (AvgIpc) is 2.19. The van der Waals surface area contributed by atoms with Crippen molar-refractivity contribution in [2.45, 2.75) is 69.8 Å². The number of thioether (sulfide) groups is 1. The summed E-state index contributed by atoms with van der Waals surface area (Å²) in [6, 6.07) is 0. The second-order valence-corrected chi connectivity index (χ2v) is 5.51. The van der Waals surface area contributed by atoms with Crippen LogP contribution in [0, 0.1) is 0 Å². The third kappa shape index (κ3) is 4.22. The number of hydrogen-bond donors (Lipinski definition) is 0. The molecule has 0 aromatic heterocycles. The number of rotatable bonds is 5. The molecule has 1 unspecified atom stereocenters. The summed E-state index contributed by atoms with van der Waals surface area (Å²) in [5.41, 5.74) is 0. The van der Waals surface area contributed by atoms with E-state index in [-0.39, 0.29) is 0 Å². The van der Waals surface area contributed by atoms with Crippen LogP contribution in [-0.2, 0) is 4.74 Å². The summed E-state index contributed by atoms with van der Waals surface area (Å²) in [5.74, 6) is 0. The predicted octanol–water partition coefficient (Wildman–Crippen LogP) is 3.87. The van der Waals surface area contributed by atoms with Crippen LogP contribution < -0.4 is 0 Å². The van der Waals surface area contributed by atoms with Crippen molar-refractivity contribution in [3.63, 3.8) is 0 Å². The van der Waals surface area contributed by atoms with Crippen LogP contribution in [0.4, 0.5) is 0 Å². The molecule has 1 aliphatic rings. The van der Waals surface area contributed by atoms with E-state index in [1.54, 1.807) is 0 Å². The quantitative estimate of drug-likeness (QED) is 0.690. The van der Waals surface area contributed by atoms with Gasteiger partial charge in [0.2, 0.25) is 0 Å². The predicted molar refractivity (Wildman–Crippen MR) is 65.0 cm³/mol. The SMILES string of the molecule is CCCC(C)OC1CCC(SC)CC1. The minimum atomic E-state index is 0.468. The molecular weight excluding hydrogens is 192 g/mol. The Kier molecular flexibility index (Phi) is 5.95. The van der Waals surface area contributed by atoms with Gasteiger partial charge in [0.05, 0.1) is 12.2 Å². The van der Waals surface area contributed by atoms with E-state index >= 15 is 0 Å². The van der Waals surface area contributed by atoms with E-state index in [9.17, 15) is 0 Å². The normalized spacial score (nSPS) is 30.2. The Labute approximate surface area is 93.0 Å². The first-order valence-corrected chi connectivity index (χ1v) is 7.23. The summed E-state index contributed by atoms with van der Waals surface area (Å²) in [4.78, 5) is 0. The monoisotopic (exact) mass is 216 g/mol. The van der Waals surface area contributed by atoms with Gasteiger partial charge in [-0.2, -0.15) is 11.8 Å². The van der Waals surface area contributed by atoms with E-state index in [0.717, 1.165) is 5.25 Å². The molecule has 0 aromatic rings. The fourth-order valence-electron chi connectivity index (χ4n) is 2.21. The summed E-state index contributed by atoms with van der Waals surface area (Å²) >= 11 is 2.02. The van der Waals surface area contributed by atoms with Crippen LogP contribution in [0.1, 0.15) is 52.4 Å². The highest BCUT2D eigenvalue weighted by Crippen LogP contribution is 2.29. The lowest BCUT2D eigenvalue weighted by Gasteiger charge is -2.29. The molecular formula is C12H24OS. The maximum absolute atomic E-state index is 6.02. The van der Waals surface area contributed by atoms with Crippen LogP contribution in [0.15, 0.2) is 0 Å². The Morgan fingerprint density at radius 2 is 1.93 bits per heavy atom. The Balaban J connectivity index is 2.15. The molecule has 1 fully saturated rings. The van der Waals surface area contributed by atoms with Crippen LogP contribution >= 0.6 is 11.8 Å². The molecule has 0 radical (unpaired) electrons. The topological polar surface area (TPSA) is 9.23 Å². The van der Waals surface area contributed by atoms with Crippen LogP contribution in [-0.4, -0.2) is 23.7 Å². The van der Waals surface area contributed by atoms with Crippen LogP contribution in [0.2, 0.25) is 0 Å². The largest absolute Gasteiger partial charge is 0.375 e. The summed E-state index contributed by atoms with van der Waals surface area (Å²) in [6.45, 7) is 4.44. The van der Waals surface area contributed by atoms with Gasteiger partial charge in [-0.1, -0.05) is 13.3 Å². The van der Waals surface area contributed by atoms with Crippen molar-refractivity contribution in [1.82, 2.24) is 0 Å². The van der Waals surface area contributed by atoms with Gasteiger partial charge in [-0.25, -0.2) is 0 Å². The number of hydrogen-bond acceptors (Lipinski definition) is 2. The summed E-state index contributed by atoms with van der Waals surface area (Å²) in [7, 11) is 0. The summed E-state index contributed by atoms with van der Waals surface area (Å²) in [6.07, 6.45) is 11.0. The molecule has 0 bridgehead atoms. The molecule has 84 valence electrons. The highest BCUT2D eigenvalue weighted by molar-refractivity contribution is 7.99. The van der Waals surface area contributed by atoms with Crippen molar-refractivity contribution in [2.24, 2.45) is 0 Å². The van der Waals surface area contributed by atoms with E-state index in [1.807, 2.05) is 11.8 Å². The fourth-order valence-corrected chi connectivity index (χ4v) is 2.95. The molecule has 0 spiro atoms. The van der Waals surface area contributed by atoms with Crippen LogP contribution in [0.3, 0.4) is 0 Å². The Hall–Kier alpha value is 0.310. The van der Waals surface area contributed by atoms with Crippen LogP contribution in [0.5, 0.6) is 0 Å². The maximum atomic E-state index is 6.02. The van der Waals surface area contributed by atoms with Gasteiger partial charge in [0.1, 0.15) is 0 Å². The molecule has 0 aromatic carbocycles. The van der Waals surface area contributed by atoms with Crippen molar-refractivity contribution in [3.8, 4) is 0 Å². The molecule has 1 aliphatic carbocycles. The van der Waals surface area contributed by atoms with Gasteiger partial charge in [-0.15, -0.1) is 0 Å². The first-order valence-electron chi connectivity index (χ1n) is 5.94. The van der Waals surface area contributed by atoms with Gasteiger partial charge in [0, 0.05) is 5.25 Å². The van der Waals surface area contributed by atoms with E-state index in [2.05, 4.69) is 20.1 Å². The van der Waals surface area contributed by atoms with Crippen molar-refractivity contribution in [1.29, 1.82) is 0 Å². The second kappa shape index (κ2) is 6.73. The van der Waals surface area contributed by atoms with E-state index in [1.165, 1.54) is 38.5 Å². The molecule has 1 rings (SSSR count). The van der Waals surface area contributed by atoms with Gasteiger partial charge >= 0.3 is 0 Å². The van der Waals surface area contributed by atoms with Gasteiger partial charge in [0.25, 0.3) is 0 Å². The highest BCUT2D eigenvalue weighted by Gasteiger charge is 2.21. The molecule has 1 nitrogen and oxygen atoms in total. The van der Waals surface area contributed by atoms with Crippen molar-refractivity contribution in [2.75, 3.05) is 6.26 Å². The van der Waals surface area contributed by atoms with Gasteiger partial charge < -0.3 is 4.74 Å². The standard InChI is InChI=1S/C12H24OS/c1-4-5-10(2)13-11-6-8-12(14-3)9-7-11/h10-12H,4-9H2,1-3H3. The van der Waals surface area contributed by atoms with Crippen molar-refractivity contribution >= 4 is 11.8 Å². The molecule has 0 heterocycles. The van der Waals surface area contributed by atoms with Gasteiger partial charge in [-0.3, -0.25) is 0 Å². The minimum absolute atomic E-state index is 0.468. The lowest BCUT2D eigenvalue weighted by molar-refractivity contribution is -0.0236. The first kappa shape index (κ1) is 12.4. The molecule has 2 heteroatoms. The summed E-state index contributed by atoms with van der Waals surface area (Å²) in [5, 5.41) is 0.899. The zero-order chi connectivity index (χ0) is 10.4.